The molecule has 0 aromatic heterocycles. The van der Waals surface area contributed by atoms with E-state index in [1.165, 1.54) is 32.1 Å². The number of carbonyl (C=O) groups is 2. The number of rotatable bonds is 4. The molecule has 1 unspecified atom stereocenters. The highest BCUT2D eigenvalue weighted by molar-refractivity contribution is 6.02. The van der Waals surface area contributed by atoms with Crippen LogP contribution in [0.25, 0.3) is 0 Å². The lowest BCUT2D eigenvalue weighted by molar-refractivity contribution is -0.149. The molecule has 2 amide bonds. The number of likely N-dealkylation sites (tertiary alicyclic amines) is 1. The minimum atomic E-state index is -0.735. The van der Waals surface area contributed by atoms with Crippen molar-refractivity contribution in [3.8, 4) is 0 Å². The Bertz CT molecular complexity index is 1210. The molecule has 0 radical (unpaired) electrons. The minimum absolute atomic E-state index is 0.0744. The summed E-state index contributed by atoms with van der Waals surface area (Å²) in [7, 11) is 1.89. The summed E-state index contributed by atoms with van der Waals surface area (Å²) in [4.78, 5) is 29.7. The van der Waals surface area contributed by atoms with Crippen molar-refractivity contribution in [3.63, 3.8) is 0 Å². The van der Waals surface area contributed by atoms with Crippen LogP contribution in [0.15, 0.2) is 72.4 Å². The molecule has 4 heteroatoms. The Morgan fingerprint density at radius 3 is 2.21 bits per heavy atom. The van der Waals surface area contributed by atoms with E-state index in [1.807, 2.05) is 48.3 Å². The highest BCUT2D eigenvalue weighted by Crippen LogP contribution is 2.64. The summed E-state index contributed by atoms with van der Waals surface area (Å²) in [5.74, 6) is 1.03. The molecular formula is C34H42N2O2. The molecule has 38 heavy (non-hydrogen) atoms. The predicted molar refractivity (Wildman–Crippen MR) is 151 cm³/mol. The summed E-state index contributed by atoms with van der Waals surface area (Å²) < 4.78 is 0. The van der Waals surface area contributed by atoms with Gasteiger partial charge in [0, 0.05) is 18.2 Å². The zero-order chi connectivity index (χ0) is 26.7. The molecule has 1 heterocycles. The normalized spacial score (nSPS) is 34.6. The van der Waals surface area contributed by atoms with Crippen molar-refractivity contribution in [1.82, 2.24) is 10.2 Å². The second-order valence-corrected chi connectivity index (χ2v) is 13.2. The predicted octanol–water partition coefficient (Wildman–Crippen LogP) is 6.67. The SMILES string of the molecule is CN1C(=O)C(C(=O)NC(C)(c2ccccc2)c2ccccc2)C[C@@]2(C)C1=CC[C@@H]1[C@H]2CC[C@]2(C)CCC[C@@H]12. The second-order valence-electron chi connectivity index (χ2n) is 13.2. The molecule has 4 nitrogen and oxygen atoms in total. The molecule has 6 rings (SSSR count). The third kappa shape index (κ3) is 3.78. The summed E-state index contributed by atoms with van der Waals surface area (Å²) in [6, 6.07) is 20.2. The van der Waals surface area contributed by atoms with Crippen LogP contribution in [-0.2, 0) is 15.1 Å². The van der Waals surface area contributed by atoms with Crippen molar-refractivity contribution in [2.24, 2.45) is 34.5 Å². The maximum atomic E-state index is 14.1. The molecule has 1 aliphatic heterocycles. The van der Waals surface area contributed by atoms with Gasteiger partial charge in [-0.3, -0.25) is 9.59 Å². The number of nitrogens with one attached hydrogen (secondary N) is 1. The Labute approximate surface area is 227 Å². The molecule has 1 saturated heterocycles. The average Bonchev–Trinajstić information content (AvgIpc) is 3.33. The summed E-state index contributed by atoms with van der Waals surface area (Å²) in [5, 5.41) is 3.37. The first-order valence-corrected chi connectivity index (χ1v) is 14.6. The molecule has 2 aromatic carbocycles. The van der Waals surface area contributed by atoms with Crippen LogP contribution in [0.5, 0.6) is 0 Å². The first-order chi connectivity index (χ1) is 18.2. The van der Waals surface area contributed by atoms with Crippen molar-refractivity contribution in [1.29, 1.82) is 0 Å². The molecule has 2 saturated carbocycles. The smallest absolute Gasteiger partial charge is 0.239 e. The van der Waals surface area contributed by atoms with Gasteiger partial charge in [-0.05, 0) is 79.7 Å². The van der Waals surface area contributed by atoms with E-state index in [2.05, 4.69) is 56.4 Å². The molecule has 1 N–H and O–H groups in total. The van der Waals surface area contributed by atoms with Crippen molar-refractivity contribution in [2.45, 2.75) is 71.3 Å². The number of carbonyl (C=O) groups excluding carboxylic acids is 2. The van der Waals surface area contributed by atoms with Gasteiger partial charge in [0.05, 0.1) is 5.54 Å². The van der Waals surface area contributed by atoms with Crippen LogP contribution in [0.1, 0.15) is 76.8 Å². The fourth-order valence-corrected chi connectivity index (χ4v) is 9.10. The maximum absolute atomic E-state index is 14.1. The Morgan fingerprint density at radius 1 is 0.947 bits per heavy atom. The molecule has 3 fully saturated rings. The van der Waals surface area contributed by atoms with Gasteiger partial charge in [-0.2, -0.15) is 0 Å². The third-order valence-corrected chi connectivity index (χ3v) is 11.2. The van der Waals surface area contributed by atoms with Crippen molar-refractivity contribution >= 4 is 11.8 Å². The van der Waals surface area contributed by atoms with E-state index in [0.29, 0.717) is 23.7 Å². The summed E-state index contributed by atoms with van der Waals surface area (Å²) in [6.45, 7) is 6.92. The number of amides is 2. The van der Waals surface area contributed by atoms with Crippen molar-refractivity contribution in [3.05, 3.63) is 83.6 Å². The molecule has 200 valence electrons. The Kier molecular flexibility index (Phi) is 6.09. The number of allylic oxidation sites excluding steroid dienone is 2. The Balaban J connectivity index is 1.33. The Hall–Kier alpha value is -2.88. The average molecular weight is 511 g/mol. The molecule has 4 aliphatic rings. The van der Waals surface area contributed by atoms with Crippen molar-refractivity contribution < 1.29 is 9.59 Å². The van der Waals surface area contributed by atoms with Gasteiger partial charge in [0.2, 0.25) is 11.8 Å². The lowest BCUT2D eigenvalue weighted by Gasteiger charge is -2.58. The fourth-order valence-electron chi connectivity index (χ4n) is 9.10. The van der Waals surface area contributed by atoms with E-state index in [-0.39, 0.29) is 17.2 Å². The largest absolute Gasteiger partial charge is 0.342 e. The van der Waals surface area contributed by atoms with Crippen LogP contribution in [0.2, 0.25) is 0 Å². The number of hydrogen-bond donors (Lipinski definition) is 1. The topological polar surface area (TPSA) is 49.4 Å². The number of piperidine rings is 1. The first-order valence-electron chi connectivity index (χ1n) is 14.6. The summed E-state index contributed by atoms with van der Waals surface area (Å²) in [6.07, 6.45) is 10.5. The highest BCUT2D eigenvalue weighted by Gasteiger charge is 2.59. The lowest BCUT2D eigenvalue weighted by Crippen LogP contribution is -2.59. The van der Waals surface area contributed by atoms with Gasteiger partial charge in [0.25, 0.3) is 0 Å². The van der Waals surface area contributed by atoms with E-state index in [9.17, 15) is 9.59 Å². The molecule has 3 aliphatic carbocycles. The molecule has 0 bridgehead atoms. The van der Waals surface area contributed by atoms with Crippen LogP contribution in [-0.4, -0.2) is 23.8 Å². The van der Waals surface area contributed by atoms with Gasteiger partial charge >= 0.3 is 0 Å². The fraction of sp³-hybridized carbons (Fsp3) is 0.529. The molecule has 2 aromatic rings. The molecular weight excluding hydrogens is 468 g/mol. The maximum Gasteiger partial charge on any atom is 0.239 e. The number of nitrogens with zero attached hydrogens (tertiary/aromatic N) is 1. The lowest BCUT2D eigenvalue weighted by atomic mass is 9.49. The summed E-state index contributed by atoms with van der Waals surface area (Å²) in [5.41, 5.74) is 2.75. The van der Waals surface area contributed by atoms with Crippen LogP contribution in [0.3, 0.4) is 0 Å². The van der Waals surface area contributed by atoms with E-state index in [4.69, 9.17) is 0 Å². The third-order valence-electron chi connectivity index (χ3n) is 11.2. The van der Waals surface area contributed by atoms with Gasteiger partial charge in [0.15, 0.2) is 0 Å². The van der Waals surface area contributed by atoms with Crippen molar-refractivity contribution in [2.75, 3.05) is 7.05 Å². The second kappa shape index (κ2) is 9.10. The summed E-state index contributed by atoms with van der Waals surface area (Å²) >= 11 is 0. The quantitative estimate of drug-likeness (QED) is 0.467. The Morgan fingerprint density at radius 2 is 1.58 bits per heavy atom. The first kappa shape index (κ1) is 25.4. The van der Waals surface area contributed by atoms with E-state index in [1.54, 1.807) is 0 Å². The van der Waals surface area contributed by atoms with Gasteiger partial charge in [-0.1, -0.05) is 87.0 Å². The van der Waals surface area contributed by atoms with E-state index < -0.39 is 11.5 Å². The number of fused-ring (bicyclic) bond motifs is 5. The zero-order valence-electron chi connectivity index (χ0n) is 23.4. The van der Waals surface area contributed by atoms with Gasteiger partial charge in [-0.15, -0.1) is 0 Å². The monoisotopic (exact) mass is 510 g/mol. The molecule has 6 atom stereocenters. The minimum Gasteiger partial charge on any atom is -0.342 e. The van der Waals surface area contributed by atoms with Gasteiger partial charge < -0.3 is 10.2 Å². The number of benzene rings is 2. The van der Waals surface area contributed by atoms with Crippen LogP contribution in [0, 0.1) is 34.5 Å². The van der Waals surface area contributed by atoms with Crippen LogP contribution in [0.4, 0.5) is 0 Å². The van der Waals surface area contributed by atoms with Crippen LogP contribution >= 0.6 is 0 Å². The van der Waals surface area contributed by atoms with Crippen LogP contribution < -0.4 is 5.32 Å². The van der Waals surface area contributed by atoms with E-state index >= 15 is 0 Å². The standard InChI is InChI=1S/C34H42N2O2/c1-32-20-11-16-27(32)25-17-18-29-33(2,28(25)19-21-32)22-26(31(38)36(29)4)30(37)35-34(3,23-12-7-5-8-13-23)24-14-9-6-10-15-24/h5-10,12-15,18,25-28H,11,16-17,19-22H2,1-4H3,(H,35,37)/t25-,26?,27-,28+,32-,33+/m0/s1. The van der Waals surface area contributed by atoms with Gasteiger partial charge in [0.1, 0.15) is 5.92 Å². The van der Waals surface area contributed by atoms with E-state index in [0.717, 1.165) is 29.2 Å². The molecule has 0 spiro atoms. The number of hydrogen-bond acceptors (Lipinski definition) is 2. The highest BCUT2D eigenvalue weighted by atomic mass is 16.2. The zero-order valence-corrected chi connectivity index (χ0v) is 23.4. The van der Waals surface area contributed by atoms with Gasteiger partial charge in [-0.25, -0.2) is 0 Å².